The first-order valence-corrected chi connectivity index (χ1v) is 25.1. The van der Waals surface area contributed by atoms with Crippen LogP contribution in [0.2, 0.25) is 0 Å². The van der Waals surface area contributed by atoms with Crippen LogP contribution in [0.25, 0.3) is 0 Å². The number of amides is 1. The Hall–Kier alpha value is -6.17. The Morgan fingerprint density at radius 3 is 1.39 bits per heavy atom. The van der Waals surface area contributed by atoms with Gasteiger partial charge >= 0.3 is 23.9 Å². The van der Waals surface area contributed by atoms with Crippen molar-refractivity contribution in [1.29, 1.82) is 0 Å². The first kappa shape index (κ1) is 57.5. The highest BCUT2D eigenvalue weighted by Crippen LogP contribution is 2.38. The summed E-state index contributed by atoms with van der Waals surface area (Å²) in [5.74, 6) is -3.90. The standard InChI is InChI=1S/C56H67NO19/c1-33-46(66-28-40-21-13-8-14-22-40)50(67-29-41-23-15-9-16-24-41)52(68-30-42-25-17-10-18-26-42)55(69-33)76-49-45(57-34(2)58)54(63)73-43(31-64-27-39-19-11-7-12-20-39)47(49)75-56-53(72-38(6)62)51(71-37(5)61)48(70-36(4)60)44(74-56)32-65-35(3)59/h7-26,33,43-56,63H,27-32H2,1-6H3,(H,57,58)/t33-,43+,44+,45+,46+,47+,48-,49+,50+,51-,52-,53+,54-,55?,56-/m0/s1. The Morgan fingerprint density at radius 1 is 0.461 bits per heavy atom. The number of hydrogen-bond acceptors (Lipinski definition) is 19. The lowest BCUT2D eigenvalue weighted by atomic mass is 9.94. The molecule has 3 heterocycles. The van der Waals surface area contributed by atoms with Gasteiger partial charge in [0.2, 0.25) is 5.91 Å². The smallest absolute Gasteiger partial charge is 0.303 e. The van der Waals surface area contributed by atoms with E-state index in [1.807, 2.05) is 121 Å². The molecule has 0 saturated carbocycles. The third-order valence-electron chi connectivity index (χ3n) is 12.5. The predicted molar refractivity (Wildman–Crippen MR) is 266 cm³/mol. The number of esters is 4. The summed E-state index contributed by atoms with van der Waals surface area (Å²) < 4.78 is 82.5. The Balaban J connectivity index is 1.33. The van der Waals surface area contributed by atoms with E-state index in [2.05, 4.69) is 5.32 Å². The highest BCUT2D eigenvalue weighted by atomic mass is 16.8. The molecule has 3 aliphatic rings. The summed E-state index contributed by atoms with van der Waals surface area (Å²) in [4.78, 5) is 63.9. The first-order chi connectivity index (χ1) is 36.6. The largest absolute Gasteiger partial charge is 0.463 e. The van der Waals surface area contributed by atoms with Crippen molar-refractivity contribution in [3.8, 4) is 0 Å². The number of hydrogen-bond donors (Lipinski definition) is 2. The molecule has 2 N–H and O–H groups in total. The molecule has 3 saturated heterocycles. The van der Waals surface area contributed by atoms with Gasteiger partial charge in [-0.1, -0.05) is 121 Å². The maximum absolute atomic E-state index is 13.2. The van der Waals surface area contributed by atoms with Crippen molar-refractivity contribution < 1.29 is 90.7 Å². The van der Waals surface area contributed by atoms with Crippen LogP contribution in [0.15, 0.2) is 121 Å². The van der Waals surface area contributed by atoms with Crippen LogP contribution in [-0.4, -0.2) is 140 Å². The molecule has 1 amide bonds. The number of aliphatic hydroxyl groups is 1. The van der Waals surface area contributed by atoms with E-state index in [0.717, 1.165) is 49.9 Å². The normalized spacial score (nSPS) is 29.3. The van der Waals surface area contributed by atoms with Gasteiger partial charge in [0.15, 0.2) is 37.2 Å². The average Bonchev–Trinajstić information content (AvgIpc) is 3.40. The zero-order valence-corrected chi connectivity index (χ0v) is 43.2. The molecule has 4 aromatic carbocycles. The predicted octanol–water partition coefficient (Wildman–Crippen LogP) is 4.78. The SMILES string of the molecule is CC(=O)N[C@@H]1[C@@H](OC2O[C@@H](C)[C@@H](OCc3ccccc3)[C@@H](OCc3ccccc3)[C@@H]2OCc2ccccc2)[C@H](O[C@@H]2O[C@H](COC(C)=O)[C@H](OC(C)=O)[C@H](OC(C)=O)[C@H]2OC(C)=O)[C@@H](COCc2ccccc2)O[C@@H]1O. The van der Waals surface area contributed by atoms with E-state index >= 15 is 0 Å². The second kappa shape index (κ2) is 28.3. The van der Waals surface area contributed by atoms with Crippen LogP contribution < -0.4 is 5.32 Å². The third-order valence-corrected chi connectivity index (χ3v) is 12.5. The minimum atomic E-state index is -1.79. The molecule has 0 spiro atoms. The first-order valence-electron chi connectivity index (χ1n) is 25.1. The number of carbonyl (C=O) groups excluding carboxylic acids is 5. The number of benzene rings is 4. The van der Waals surface area contributed by atoms with Gasteiger partial charge in [-0.05, 0) is 29.2 Å². The maximum Gasteiger partial charge on any atom is 0.303 e. The van der Waals surface area contributed by atoms with Gasteiger partial charge in [0.25, 0.3) is 0 Å². The molecule has 0 aromatic heterocycles. The van der Waals surface area contributed by atoms with Crippen molar-refractivity contribution in [2.24, 2.45) is 0 Å². The molecule has 4 aromatic rings. The van der Waals surface area contributed by atoms with Gasteiger partial charge in [-0.25, -0.2) is 0 Å². The Labute approximate surface area is 441 Å². The van der Waals surface area contributed by atoms with Gasteiger partial charge in [0.05, 0.1) is 39.1 Å². The lowest BCUT2D eigenvalue weighted by Gasteiger charge is -2.51. The van der Waals surface area contributed by atoms with E-state index in [1.165, 1.54) is 6.92 Å². The van der Waals surface area contributed by atoms with Crippen molar-refractivity contribution in [3.63, 3.8) is 0 Å². The topological polar surface area (TPSA) is 238 Å². The fraction of sp³-hybridized carbons (Fsp3) is 0.482. The molecule has 0 radical (unpaired) electrons. The molecule has 15 atom stereocenters. The summed E-state index contributed by atoms with van der Waals surface area (Å²) in [5, 5.41) is 14.7. The molecule has 7 rings (SSSR count). The second-order valence-corrected chi connectivity index (χ2v) is 18.6. The fourth-order valence-electron chi connectivity index (χ4n) is 9.22. The zero-order valence-electron chi connectivity index (χ0n) is 43.2. The third kappa shape index (κ3) is 16.4. The van der Waals surface area contributed by atoms with Crippen LogP contribution >= 0.6 is 0 Å². The molecule has 3 fully saturated rings. The highest BCUT2D eigenvalue weighted by molar-refractivity contribution is 5.73. The van der Waals surface area contributed by atoms with Gasteiger partial charge in [0, 0.05) is 34.6 Å². The molecule has 0 aliphatic carbocycles. The summed E-state index contributed by atoms with van der Waals surface area (Å²) in [6.07, 6.45) is -19.0. The van der Waals surface area contributed by atoms with Gasteiger partial charge < -0.3 is 72.0 Å². The summed E-state index contributed by atoms with van der Waals surface area (Å²) in [7, 11) is 0. The lowest BCUT2D eigenvalue weighted by Crippen LogP contribution is -2.70. The number of aliphatic hydroxyl groups excluding tert-OH is 1. The van der Waals surface area contributed by atoms with Crippen LogP contribution in [-0.2, 0) is 112 Å². The second-order valence-electron chi connectivity index (χ2n) is 18.6. The van der Waals surface area contributed by atoms with E-state index in [-0.39, 0.29) is 33.0 Å². The number of carbonyl (C=O) groups is 5. The fourth-order valence-corrected chi connectivity index (χ4v) is 9.22. The van der Waals surface area contributed by atoms with E-state index in [9.17, 15) is 29.1 Å². The molecule has 20 heteroatoms. The van der Waals surface area contributed by atoms with Crippen LogP contribution in [0.5, 0.6) is 0 Å². The van der Waals surface area contributed by atoms with Gasteiger partial charge in [-0.2, -0.15) is 0 Å². The highest BCUT2D eigenvalue weighted by Gasteiger charge is 2.58. The number of nitrogens with one attached hydrogen (secondary N) is 1. The van der Waals surface area contributed by atoms with Crippen molar-refractivity contribution in [2.75, 3.05) is 13.2 Å². The van der Waals surface area contributed by atoms with E-state index in [4.69, 9.17) is 61.6 Å². The van der Waals surface area contributed by atoms with Gasteiger partial charge in [-0.3, -0.25) is 24.0 Å². The van der Waals surface area contributed by atoms with Crippen molar-refractivity contribution in [3.05, 3.63) is 144 Å². The zero-order chi connectivity index (χ0) is 54.1. The van der Waals surface area contributed by atoms with Crippen molar-refractivity contribution >= 4 is 29.8 Å². The van der Waals surface area contributed by atoms with E-state index in [0.29, 0.717) is 0 Å². The molecule has 0 bridgehead atoms. The Kier molecular flexibility index (Phi) is 21.4. The molecular weight excluding hydrogens is 991 g/mol. The lowest BCUT2D eigenvalue weighted by molar-refractivity contribution is -0.377. The summed E-state index contributed by atoms with van der Waals surface area (Å²) >= 11 is 0. The van der Waals surface area contributed by atoms with Crippen LogP contribution in [0.3, 0.4) is 0 Å². The van der Waals surface area contributed by atoms with Crippen LogP contribution in [0, 0.1) is 0 Å². The minimum Gasteiger partial charge on any atom is -0.463 e. The Bertz CT molecular complexity index is 2450. The van der Waals surface area contributed by atoms with Crippen LogP contribution in [0.4, 0.5) is 0 Å². The van der Waals surface area contributed by atoms with Gasteiger partial charge in [-0.15, -0.1) is 0 Å². The Morgan fingerprint density at radius 2 is 0.895 bits per heavy atom. The van der Waals surface area contributed by atoms with Crippen LogP contribution in [0.1, 0.15) is 63.8 Å². The van der Waals surface area contributed by atoms with E-state index in [1.54, 1.807) is 6.92 Å². The van der Waals surface area contributed by atoms with Crippen molar-refractivity contribution in [2.45, 2.75) is 160 Å². The molecule has 20 nitrogen and oxygen atoms in total. The van der Waals surface area contributed by atoms with Crippen molar-refractivity contribution in [1.82, 2.24) is 5.32 Å². The molecular formula is C56H67NO19. The number of rotatable bonds is 23. The molecule has 3 aliphatic heterocycles. The summed E-state index contributed by atoms with van der Waals surface area (Å²) in [6, 6.07) is 36.4. The summed E-state index contributed by atoms with van der Waals surface area (Å²) in [6.45, 7) is 7.07. The maximum atomic E-state index is 13.2. The van der Waals surface area contributed by atoms with E-state index < -0.39 is 128 Å². The van der Waals surface area contributed by atoms with Gasteiger partial charge in [0.1, 0.15) is 55.4 Å². The quantitative estimate of drug-likeness (QED) is 0.0751. The summed E-state index contributed by atoms with van der Waals surface area (Å²) in [5.41, 5.74) is 3.36. The minimum absolute atomic E-state index is 0.0475. The average molecular weight is 1060 g/mol. The molecule has 76 heavy (non-hydrogen) atoms. The monoisotopic (exact) mass is 1060 g/mol. The number of ether oxygens (including phenoxy) is 13. The molecule has 410 valence electrons. The molecule has 1 unspecified atom stereocenters.